The average Bonchev–Trinajstić information content (AvgIpc) is 3.16. The third-order valence-corrected chi connectivity index (χ3v) is 4.56. The molecule has 0 aliphatic rings. The molecule has 1 amide bonds. The van der Waals surface area contributed by atoms with Crippen molar-refractivity contribution in [2.24, 2.45) is 0 Å². The molecule has 0 fully saturated rings. The molecule has 0 saturated carbocycles. The third-order valence-electron chi connectivity index (χ3n) is 3.41. The SMILES string of the molecule is CCn1ncn(-c2nc(C)c(C(=O)NCc3cccnc3)s2)c1=O. The van der Waals surface area contributed by atoms with E-state index in [-0.39, 0.29) is 11.6 Å². The summed E-state index contributed by atoms with van der Waals surface area (Å²) in [5.41, 5.74) is 1.22. The summed E-state index contributed by atoms with van der Waals surface area (Å²) in [6.07, 6.45) is 4.80. The van der Waals surface area contributed by atoms with Crippen molar-refractivity contribution in [2.75, 3.05) is 0 Å². The number of carbonyl (C=O) groups excluding carboxylic acids is 1. The molecule has 0 aliphatic heterocycles. The second-order valence-corrected chi connectivity index (χ2v) is 6.03. The number of pyridine rings is 1. The lowest BCUT2D eigenvalue weighted by atomic mass is 10.3. The number of rotatable bonds is 5. The number of amides is 1. The second-order valence-electron chi connectivity index (χ2n) is 5.05. The van der Waals surface area contributed by atoms with Gasteiger partial charge in [-0.2, -0.15) is 5.10 Å². The first kappa shape index (κ1) is 16.1. The van der Waals surface area contributed by atoms with Gasteiger partial charge in [0.15, 0.2) is 5.13 Å². The molecule has 3 heterocycles. The van der Waals surface area contributed by atoms with E-state index in [1.165, 1.54) is 15.6 Å². The predicted molar refractivity (Wildman–Crippen MR) is 89.3 cm³/mol. The molecule has 0 unspecified atom stereocenters. The number of hydrogen-bond donors (Lipinski definition) is 1. The molecule has 124 valence electrons. The van der Waals surface area contributed by atoms with Crippen LogP contribution in [-0.4, -0.2) is 30.2 Å². The van der Waals surface area contributed by atoms with Crippen LogP contribution in [0.3, 0.4) is 0 Å². The van der Waals surface area contributed by atoms with E-state index in [1.807, 2.05) is 19.1 Å². The lowest BCUT2D eigenvalue weighted by Crippen LogP contribution is -2.23. The van der Waals surface area contributed by atoms with E-state index in [4.69, 9.17) is 0 Å². The quantitative estimate of drug-likeness (QED) is 0.749. The van der Waals surface area contributed by atoms with Gasteiger partial charge in [-0.3, -0.25) is 9.78 Å². The Balaban J connectivity index is 1.79. The van der Waals surface area contributed by atoms with Crippen LogP contribution in [0.15, 0.2) is 35.6 Å². The van der Waals surface area contributed by atoms with Crippen molar-refractivity contribution in [1.82, 2.24) is 29.6 Å². The van der Waals surface area contributed by atoms with Crippen LogP contribution in [0.5, 0.6) is 0 Å². The number of hydrogen-bond acceptors (Lipinski definition) is 6. The van der Waals surface area contributed by atoms with Crippen molar-refractivity contribution in [2.45, 2.75) is 26.9 Å². The van der Waals surface area contributed by atoms with Crippen LogP contribution in [0.4, 0.5) is 0 Å². The molecule has 0 aliphatic carbocycles. The molecule has 1 N–H and O–H groups in total. The predicted octanol–water partition coefficient (Wildman–Crippen LogP) is 1.14. The minimum atomic E-state index is -0.270. The Hall–Kier alpha value is -2.81. The Morgan fingerprint density at radius 1 is 1.42 bits per heavy atom. The average molecular weight is 344 g/mol. The molecule has 8 nitrogen and oxygen atoms in total. The van der Waals surface area contributed by atoms with Gasteiger partial charge in [-0.25, -0.2) is 19.0 Å². The van der Waals surface area contributed by atoms with Gasteiger partial charge in [0, 0.05) is 25.5 Å². The minimum Gasteiger partial charge on any atom is -0.347 e. The Bertz CT molecular complexity index is 912. The Morgan fingerprint density at radius 2 is 2.25 bits per heavy atom. The van der Waals surface area contributed by atoms with Gasteiger partial charge in [-0.1, -0.05) is 17.4 Å². The van der Waals surface area contributed by atoms with Crippen molar-refractivity contribution in [3.8, 4) is 5.13 Å². The fraction of sp³-hybridized carbons (Fsp3) is 0.267. The molecule has 24 heavy (non-hydrogen) atoms. The van der Waals surface area contributed by atoms with Gasteiger partial charge >= 0.3 is 5.69 Å². The van der Waals surface area contributed by atoms with E-state index in [2.05, 4.69) is 20.4 Å². The highest BCUT2D eigenvalue weighted by atomic mass is 32.1. The summed E-state index contributed by atoms with van der Waals surface area (Å²) in [5, 5.41) is 7.27. The zero-order valence-electron chi connectivity index (χ0n) is 13.3. The molecule has 0 saturated heterocycles. The lowest BCUT2D eigenvalue weighted by Gasteiger charge is -2.03. The number of aryl methyl sites for hydroxylation is 2. The van der Waals surface area contributed by atoms with Crippen LogP contribution in [0, 0.1) is 6.92 Å². The summed E-state index contributed by atoms with van der Waals surface area (Å²) in [6, 6.07) is 3.70. The highest BCUT2D eigenvalue weighted by molar-refractivity contribution is 7.16. The van der Waals surface area contributed by atoms with E-state index >= 15 is 0 Å². The maximum atomic E-state index is 12.4. The number of aromatic nitrogens is 5. The summed E-state index contributed by atoms with van der Waals surface area (Å²) in [6.45, 7) is 4.44. The van der Waals surface area contributed by atoms with Gasteiger partial charge in [-0.05, 0) is 25.5 Å². The summed E-state index contributed by atoms with van der Waals surface area (Å²) in [5.74, 6) is -0.226. The molecule has 3 aromatic heterocycles. The van der Waals surface area contributed by atoms with Crippen LogP contribution in [0.1, 0.15) is 27.9 Å². The van der Waals surface area contributed by atoms with Gasteiger partial charge < -0.3 is 5.32 Å². The molecule has 0 atom stereocenters. The smallest absolute Gasteiger partial charge is 0.347 e. The summed E-state index contributed by atoms with van der Waals surface area (Å²) in [7, 11) is 0. The monoisotopic (exact) mass is 344 g/mol. The van der Waals surface area contributed by atoms with E-state index in [1.54, 1.807) is 19.3 Å². The molecule has 0 aromatic carbocycles. The topological polar surface area (TPSA) is 94.7 Å². The highest BCUT2D eigenvalue weighted by Crippen LogP contribution is 2.20. The van der Waals surface area contributed by atoms with Crippen molar-refractivity contribution in [1.29, 1.82) is 0 Å². The van der Waals surface area contributed by atoms with Crippen LogP contribution in [-0.2, 0) is 13.1 Å². The van der Waals surface area contributed by atoms with Crippen molar-refractivity contribution < 1.29 is 4.79 Å². The molecule has 9 heteroatoms. The fourth-order valence-electron chi connectivity index (χ4n) is 2.15. The second kappa shape index (κ2) is 6.75. The lowest BCUT2D eigenvalue weighted by molar-refractivity contribution is 0.0954. The molecule has 3 rings (SSSR count). The largest absolute Gasteiger partial charge is 0.352 e. The minimum absolute atomic E-state index is 0.226. The highest BCUT2D eigenvalue weighted by Gasteiger charge is 2.18. The van der Waals surface area contributed by atoms with E-state index < -0.39 is 0 Å². The van der Waals surface area contributed by atoms with Crippen LogP contribution < -0.4 is 11.0 Å². The number of nitrogens with one attached hydrogen (secondary N) is 1. The van der Waals surface area contributed by atoms with Gasteiger partial charge in [0.25, 0.3) is 5.91 Å². The number of carbonyl (C=O) groups is 1. The normalized spacial score (nSPS) is 10.8. The maximum absolute atomic E-state index is 12.4. The van der Waals surface area contributed by atoms with E-state index in [9.17, 15) is 9.59 Å². The Labute approximate surface area is 141 Å². The van der Waals surface area contributed by atoms with Crippen molar-refractivity contribution in [3.05, 3.63) is 57.5 Å². The third kappa shape index (κ3) is 3.11. The molecular weight excluding hydrogens is 328 g/mol. The van der Waals surface area contributed by atoms with Gasteiger partial charge in [-0.15, -0.1) is 0 Å². The van der Waals surface area contributed by atoms with Gasteiger partial charge in [0.05, 0.1) is 5.69 Å². The van der Waals surface area contributed by atoms with Crippen LogP contribution in [0.2, 0.25) is 0 Å². The number of nitrogens with zero attached hydrogens (tertiary/aromatic N) is 5. The standard InChI is InChI=1S/C15H16N6O2S/c1-3-21-15(23)20(9-18-21)14-19-10(2)12(24-14)13(22)17-8-11-5-4-6-16-7-11/h4-7,9H,3,8H2,1-2H3,(H,17,22). The molecule has 0 radical (unpaired) electrons. The summed E-state index contributed by atoms with van der Waals surface area (Å²) >= 11 is 1.16. The summed E-state index contributed by atoms with van der Waals surface area (Å²) < 4.78 is 2.68. The zero-order chi connectivity index (χ0) is 17.1. The molecular formula is C15H16N6O2S. The fourth-order valence-corrected chi connectivity index (χ4v) is 3.09. The first-order chi connectivity index (χ1) is 11.6. The van der Waals surface area contributed by atoms with Crippen LogP contribution in [0.25, 0.3) is 5.13 Å². The van der Waals surface area contributed by atoms with Crippen molar-refractivity contribution in [3.63, 3.8) is 0 Å². The maximum Gasteiger partial charge on any atom is 0.352 e. The first-order valence-corrected chi connectivity index (χ1v) is 8.21. The Morgan fingerprint density at radius 3 is 2.92 bits per heavy atom. The molecule has 0 spiro atoms. The molecule has 0 bridgehead atoms. The van der Waals surface area contributed by atoms with E-state index in [0.29, 0.717) is 28.8 Å². The zero-order valence-corrected chi connectivity index (χ0v) is 14.1. The van der Waals surface area contributed by atoms with E-state index in [0.717, 1.165) is 16.9 Å². The number of thiazole rings is 1. The van der Waals surface area contributed by atoms with Gasteiger partial charge in [0.1, 0.15) is 11.2 Å². The van der Waals surface area contributed by atoms with Crippen LogP contribution >= 0.6 is 11.3 Å². The first-order valence-electron chi connectivity index (χ1n) is 7.39. The molecule has 3 aromatic rings. The van der Waals surface area contributed by atoms with Gasteiger partial charge in [0.2, 0.25) is 0 Å². The Kier molecular flexibility index (Phi) is 4.52. The van der Waals surface area contributed by atoms with Crippen molar-refractivity contribution >= 4 is 17.2 Å². The summed E-state index contributed by atoms with van der Waals surface area (Å²) in [4.78, 5) is 33.3.